The normalized spacial score (nSPS) is 11.7. The molecular weight excluding hydrogens is 412 g/mol. The molecule has 0 bridgehead atoms. The highest BCUT2D eigenvalue weighted by molar-refractivity contribution is 5.64. The second-order valence-corrected chi connectivity index (χ2v) is 7.91. The molecule has 0 saturated heterocycles. The third-order valence-corrected chi connectivity index (χ3v) is 5.24. The van der Waals surface area contributed by atoms with Gasteiger partial charge in [0.25, 0.3) is 0 Å². The Morgan fingerprint density at radius 1 is 0.909 bits per heavy atom. The van der Waals surface area contributed by atoms with E-state index in [1.807, 2.05) is 60.5 Å². The van der Waals surface area contributed by atoms with Gasteiger partial charge in [-0.3, -0.25) is 0 Å². The molecule has 0 aliphatic heterocycles. The summed E-state index contributed by atoms with van der Waals surface area (Å²) in [6.07, 6.45) is 2.56. The van der Waals surface area contributed by atoms with Crippen molar-refractivity contribution in [1.29, 1.82) is 0 Å². The smallest absolute Gasteiger partial charge is 0.224 e. The zero-order chi connectivity index (χ0) is 23.2. The van der Waals surface area contributed by atoms with Crippen molar-refractivity contribution >= 4 is 23.4 Å². The Hall–Kier alpha value is -4.04. The molecule has 4 aromatic rings. The average molecular weight is 441 g/mol. The maximum Gasteiger partial charge on any atom is 0.224 e. The van der Waals surface area contributed by atoms with Crippen molar-refractivity contribution in [2.75, 3.05) is 23.0 Å². The summed E-state index contributed by atoms with van der Waals surface area (Å²) in [5, 5.41) is 3.39. The molecule has 0 aliphatic rings. The number of hydrogen-bond acceptors (Lipinski definition) is 8. The molecule has 168 valence electrons. The van der Waals surface area contributed by atoms with Crippen LogP contribution >= 0.6 is 0 Å². The number of hydrogen-bond donors (Lipinski definition) is 3. The number of nitrogens with zero attached hydrogens (tertiary/aromatic N) is 5. The van der Waals surface area contributed by atoms with Gasteiger partial charge in [0, 0.05) is 37.5 Å². The molecule has 4 rings (SSSR count). The van der Waals surface area contributed by atoms with E-state index < -0.39 is 0 Å². The highest BCUT2D eigenvalue weighted by Gasteiger charge is 2.13. The van der Waals surface area contributed by atoms with Gasteiger partial charge in [0.05, 0.1) is 0 Å². The number of benzene rings is 2. The third-order valence-electron chi connectivity index (χ3n) is 5.24. The average Bonchev–Trinajstić information content (AvgIpc) is 2.84. The molecule has 5 N–H and O–H groups in total. The van der Waals surface area contributed by atoms with E-state index in [0.717, 1.165) is 17.5 Å². The molecule has 0 fully saturated rings. The van der Waals surface area contributed by atoms with Gasteiger partial charge < -0.3 is 21.7 Å². The number of anilines is 4. The zero-order valence-electron chi connectivity index (χ0n) is 18.8. The lowest BCUT2D eigenvalue weighted by Gasteiger charge is -2.20. The lowest BCUT2D eigenvalue weighted by Crippen LogP contribution is -2.21. The first-order chi connectivity index (χ1) is 16.0. The Labute approximate surface area is 193 Å². The molecule has 0 unspecified atom stereocenters. The van der Waals surface area contributed by atoms with E-state index >= 15 is 0 Å². The summed E-state index contributed by atoms with van der Waals surface area (Å²) in [6.45, 7) is 2.64. The van der Waals surface area contributed by atoms with Gasteiger partial charge in [0.2, 0.25) is 5.95 Å². The van der Waals surface area contributed by atoms with E-state index in [9.17, 15) is 0 Å². The standard InChI is InChI=1S/C25H28N8/c1-17(13-18-7-6-8-19(14-18)16-26)29-25-28-12-11-22(32-25)33(2)23-15-21(27)30-24(31-23)20-9-4-3-5-10-20/h3-12,14-15,17H,13,16,26H2,1-2H3,(H2,27,30,31)(H,28,29,32)/t17-/m0/s1. The van der Waals surface area contributed by atoms with Crippen LogP contribution in [0.2, 0.25) is 0 Å². The fourth-order valence-electron chi connectivity index (χ4n) is 3.57. The topological polar surface area (TPSA) is 119 Å². The van der Waals surface area contributed by atoms with Gasteiger partial charge in [0.15, 0.2) is 5.82 Å². The molecule has 0 amide bonds. The summed E-state index contributed by atoms with van der Waals surface area (Å²) < 4.78 is 0. The summed E-state index contributed by atoms with van der Waals surface area (Å²) in [7, 11) is 1.89. The molecular formula is C25H28N8. The van der Waals surface area contributed by atoms with Crippen molar-refractivity contribution in [3.63, 3.8) is 0 Å². The van der Waals surface area contributed by atoms with Crippen molar-refractivity contribution in [1.82, 2.24) is 19.9 Å². The van der Waals surface area contributed by atoms with Crippen LogP contribution in [0.5, 0.6) is 0 Å². The first-order valence-corrected chi connectivity index (χ1v) is 10.8. The van der Waals surface area contributed by atoms with Crippen LogP contribution in [0.25, 0.3) is 11.4 Å². The Morgan fingerprint density at radius 2 is 1.70 bits per heavy atom. The van der Waals surface area contributed by atoms with Crippen molar-refractivity contribution in [2.24, 2.45) is 5.73 Å². The first-order valence-electron chi connectivity index (χ1n) is 10.8. The maximum atomic E-state index is 6.07. The van der Waals surface area contributed by atoms with Crippen molar-refractivity contribution < 1.29 is 0 Å². The highest BCUT2D eigenvalue weighted by Crippen LogP contribution is 2.25. The SMILES string of the molecule is C[C@@H](Cc1cccc(CN)c1)Nc1nccc(N(C)c2cc(N)nc(-c3ccccc3)n2)n1. The Bertz CT molecular complexity index is 1210. The van der Waals surface area contributed by atoms with Gasteiger partial charge >= 0.3 is 0 Å². The van der Waals surface area contributed by atoms with Crippen molar-refractivity contribution in [3.8, 4) is 11.4 Å². The lowest BCUT2D eigenvalue weighted by molar-refractivity contribution is 0.775. The monoisotopic (exact) mass is 440 g/mol. The first kappa shape index (κ1) is 22.2. The molecule has 2 aromatic heterocycles. The minimum Gasteiger partial charge on any atom is -0.384 e. The van der Waals surface area contributed by atoms with Gasteiger partial charge in [-0.15, -0.1) is 0 Å². The number of nitrogens with two attached hydrogens (primary N) is 2. The third kappa shape index (κ3) is 5.61. The predicted octanol–water partition coefficient (Wildman–Crippen LogP) is 3.79. The largest absolute Gasteiger partial charge is 0.384 e. The number of aromatic nitrogens is 4. The van der Waals surface area contributed by atoms with E-state index in [1.165, 1.54) is 5.56 Å². The molecule has 2 aromatic carbocycles. The molecule has 0 radical (unpaired) electrons. The fourth-order valence-corrected chi connectivity index (χ4v) is 3.57. The summed E-state index contributed by atoms with van der Waals surface area (Å²) >= 11 is 0. The second-order valence-electron chi connectivity index (χ2n) is 7.91. The Kier molecular flexibility index (Phi) is 6.75. The maximum absolute atomic E-state index is 6.07. The van der Waals surface area contributed by atoms with Crippen LogP contribution in [0.15, 0.2) is 72.9 Å². The van der Waals surface area contributed by atoms with Crippen molar-refractivity contribution in [2.45, 2.75) is 25.9 Å². The molecule has 0 saturated carbocycles. The quantitative estimate of drug-likeness (QED) is 0.379. The molecule has 33 heavy (non-hydrogen) atoms. The molecule has 0 aliphatic carbocycles. The molecule has 1 atom stereocenters. The van der Waals surface area contributed by atoms with Crippen LogP contribution in [0, 0.1) is 0 Å². The highest BCUT2D eigenvalue weighted by atomic mass is 15.3. The van der Waals surface area contributed by atoms with E-state index in [1.54, 1.807) is 12.3 Å². The summed E-state index contributed by atoms with van der Waals surface area (Å²) in [6, 6.07) is 21.8. The molecule has 8 nitrogen and oxygen atoms in total. The van der Waals surface area contributed by atoms with Gasteiger partial charge in [-0.25, -0.2) is 15.0 Å². The van der Waals surface area contributed by atoms with E-state index in [0.29, 0.717) is 35.8 Å². The van der Waals surface area contributed by atoms with E-state index in [2.05, 4.69) is 44.3 Å². The lowest BCUT2D eigenvalue weighted by atomic mass is 10.0. The minimum atomic E-state index is 0.137. The van der Waals surface area contributed by atoms with Crippen LogP contribution in [0.4, 0.5) is 23.4 Å². The van der Waals surface area contributed by atoms with Gasteiger partial charge in [-0.05, 0) is 30.5 Å². The summed E-state index contributed by atoms with van der Waals surface area (Å²) in [4.78, 5) is 20.0. The number of rotatable bonds is 8. The predicted molar refractivity (Wildman–Crippen MR) is 133 cm³/mol. The zero-order valence-corrected chi connectivity index (χ0v) is 18.8. The Morgan fingerprint density at radius 3 is 2.48 bits per heavy atom. The molecule has 2 heterocycles. The molecule has 0 spiro atoms. The second kappa shape index (κ2) is 10.1. The van der Waals surface area contributed by atoms with Gasteiger partial charge in [-0.2, -0.15) is 4.98 Å². The van der Waals surface area contributed by atoms with E-state index in [-0.39, 0.29) is 6.04 Å². The van der Waals surface area contributed by atoms with E-state index in [4.69, 9.17) is 11.5 Å². The Balaban J connectivity index is 1.51. The van der Waals surface area contributed by atoms with Gasteiger partial charge in [-0.1, -0.05) is 54.6 Å². The van der Waals surface area contributed by atoms with Crippen LogP contribution in [0.1, 0.15) is 18.1 Å². The van der Waals surface area contributed by atoms with Crippen LogP contribution in [-0.2, 0) is 13.0 Å². The van der Waals surface area contributed by atoms with Crippen molar-refractivity contribution in [3.05, 3.63) is 84.1 Å². The molecule has 8 heteroatoms. The van der Waals surface area contributed by atoms with Crippen LogP contribution in [-0.4, -0.2) is 33.0 Å². The fraction of sp³-hybridized carbons (Fsp3) is 0.200. The number of nitrogen functional groups attached to an aromatic ring is 1. The van der Waals surface area contributed by atoms with Crippen LogP contribution in [0.3, 0.4) is 0 Å². The van der Waals surface area contributed by atoms with Gasteiger partial charge in [0.1, 0.15) is 17.5 Å². The summed E-state index contributed by atoms with van der Waals surface area (Å²) in [5.74, 6) is 2.86. The minimum absolute atomic E-state index is 0.137. The van der Waals surface area contributed by atoms with Crippen LogP contribution < -0.4 is 21.7 Å². The number of nitrogens with one attached hydrogen (secondary N) is 1. The summed E-state index contributed by atoms with van der Waals surface area (Å²) in [5.41, 5.74) is 15.1.